The molecule has 1 saturated heterocycles. The first-order valence-electron chi connectivity index (χ1n) is 6.55. The molecule has 96 valence electrons. The van der Waals surface area contributed by atoms with Crippen LogP contribution in [0.15, 0.2) is 18.2 Å². The fourth-order valence-electron chi connectivity index (χ4n) is 2.56. The minimum Gasteiger partial charge on any atom is -0.457 e. The summed E-state index contributed by atoms with van der Waals surface area (Å²) in [4.78, 5) is 13.8. The van der Waals surface area contributed by atoms with Gasteiger partial charge in [0.05, 0.1) is 5.56 Å². The number of fused-ring (bicyclic) bond motifs is 1. The Labute approximate surface area is 107 Å². The van der Waals surface area contributed by atoms with Crippen molar-refractivity contribution in [3.05, 3.63) is 34.9 Å². The Morgan fingerprint density at radius 1 is 1.28 bits per heavy atom. The van der Waals surface area contributed by atoms with Crippen molar-refractivity contribution in [1.82, 2.24) is 10.2 Å². The quantitative estimate of drug-likeness (QED) is 0.801. The molecular formula is C14H18N2O2. The van der Waals surface area contributed by atoms with Crippen LogP contribution in [0.5, 0.6) is 0 Å². The number of ether oxygens (including phenoxy) is 1. The fraction of sp³-hybridized carbons (Fsp3) is 0.500. The molecule has 1 N–H and O–H groups in total. The van der Waals surface area contributed by atoms with E-state index in [9.17, 15) is 4.79 Å². The monoisotopic (exact) mass is 246 g/mol. The van der Waals surface area contributed by atoms with Crippen molar-refractivity contribution in [2.45, 2.75) is 13.0 Å². The molecule has 2 aliphatic heterocycles. The number of rotatable bonds is 3. The van der Waals surface area contributed by atoms with E-state index in [4.69, 9.17) is 4.74 Å². The molecule has 3 rings (SSSR count). The van der Waals surface area contributed by atoms with Crippen molar-refractivity contribution >= 4 is 5.97 Å². The van der Waals surface area contributed by atoms with Gasteiger partial charge in [-0.1, -0.05) is 12.1 Å². The fourth-order valence-corrected chi connectivity index (χ4v) is 2.56. The standard InChI is InChI=1S/C14H18N2O2/c17-14-13-2-1-11(9-12(13)10-18-14)3-6-16-7-4-15-5-8-16/h1-2,9,15H,3-8,10H2. The van der Waals surface area contributed by atoms with Crippen molar-refractivity contribution in [3.8, 4) is 0 Å². The highest BCUT2D eigenvalue weighted by atomic mass is 16.5. The van der Waals surface area contributed by atoms with E-state index in [2.05, 4.69) is 16.3 Å². The highest BCUT2D eigenvalue weighted by Gasteiger charge is 2.20. The molecule has 4 nitrogen and oxygen atoms in total. The Hall–Kier alpha value is -1.39. The zero-order valence-electron chi connectivity index (χ0n) is 10.4. The molecule has 0 unspecified atom stereocenters. The van der Waals surface area contributed by atoms with E-state index in [0.717, 1.165) is 50.3 Å². The Morgan fingerprint density at radius 2 is 2.11 bits per heavy atom. The summed E-state index contributed by atoms with van der Waals surface area (Å²) in [6.45, 7) is 5.98. The van der Waals surface area contributed by atoms with Crippen LogP contribution in [0.2, 0.25) is 0 Å². The minimum atomic E-state index is -0.182. The van der Waals surface area contributed by atoms with E-state index in [0.29, 0.717) is 6.61 Å². The molecule has 0 amide bonds. The van der Waals surface area contributed by atoms with E-state index in [1.807, 2.05) is 12.1 Å². The second-order valence-corrected chi connectivity index (χ2v) is 4.91. The lowest BCUT2D eigenvalue weighted by Crippen LogP contribution is -2.44. The summed E-state index contributed by atoms with van der Waals surface area (Å²) < 4.78 is 5.02. The molecule has 0 aliphatic carbocycles. The lowest BCUT2D eigenvalue weighted by molar-refractivity contribution is 0.0535. The molecular weight excluding hydrogens is 228 g/mol. The van der Waals surface area contributed by atoms with E-state index in [1.54, 1.807) is 0 Å². The lowest BCUT2D eigenvalue weighted by atomic mass is 10.0. The number of benzene rings is 1. The molecule has 0 spiro atoms. The third kappa shape index (κ3) is 2.40. The molecule has 18 heavy (non-hydrogen) atoms. The Balaban J connectivity index is 1.61. The molecule has 0 radical (unpaired) electrons. The minimum absolute atomic E-state index is 0.182. The zero-order valence-corrected chi connectivity index (χ0v) is 10.4. The first-order chi connectivity index (χ1) is 8.83. The maximum Gasteiger partial charge on any atom is 0.338 e. The van der Waals surface area contributed by atoms with Crippen LogP contribution in [0, 0.1) is 0 Å². The van der Waals surface area contributed by atoms with Crippen molar-refractivity contribution in [2.24, 2.45) is 0 Å². The molecule has 1 fully saturated rings. The Bertz CT molecular complexity index is 453. The summed E-state index contributed by atoms with van der Waals surface area (Å²) >= 11 is 0. The summed E-state index contributed by atoms with van der Waals surface area (Å²) in [5.41, 5.74) is 3.07. The molecule has 2 aliphatic rings. The van der Waals surface area contributed by atoms with Crippen molar-refractivity contribution in [2.75, 3.05) is 32.7 Å². The summed E-state index contributed by atoms with van der Waals surface area (Å²) in [7, 11) is 0. The topological polar surface area (TPSA) is 41.6 Å². The van der Waals surface area contributed by atoms with Gasteiger partial charge in [0.1, 0.15) is 6.61 Å². The first-order valence-corrected chi connectivity index (χ1v) is 6.55. The van der Waals surface area contributed by atoms with Gasteiger partial charge in [0.25, 0.3) is 0 Å². The molecule has 1 aromatic carbocycles. The third-order valence-corrected chi connectivity index (χ3v) is 3.67. The van der Waals surface area contributed by atoms with Crippen LogP contribution >= 0.6 is 0 Å². The van der Waals surface area contributed by atoms with E-state index < -0.39 is 0 Å². The van der Waals surface area contributed by atoms with Gasteiger partial charge in [-0.25, -0.2) is 4.79 Å². The second kappa shape index (κ2) is 5.08. The second-order valence-electron chi connectivity index (χ2n) is 4.91. The number of nitrogens with zero attached hydrogens (tertiary/aromatic N) is 1. The number of carbonyl (C=O) groups excluding carboxylic acids is 1. The Morgan fingerprint density at radius 3 is 2.94 bits per heavy atom. The van der Waals surface area contributed by atoms with Crippen LogP contribution < -0.4 is 5.32 Å². The van der Waals surface area contributed by atoms with E-state index >= 15 is 0 Å². The summed E-state index contributed by atoms with van der Waals surface area (Å²) in [6.07, 6.45) is 1.04. The predicted molar refractivity (Wildman–Crippen MR) is 68.6 cm³/mol. The number of carbonyl (C=O) groups is 1. The highest BCUT2D eigenvalue weighted by Crippen LogP contribution is 2.21. The predicted octanol–water partition coefficient (Wildman–Crippen LogP) is 0.805. The van der Waals surface area contributed by atoms with Gasteiger partial charge in [-0.15, -0.1) is 0 Å². The largest absolute Gasteiger partial charge is 0.457 e. The van der Waals surface area contributed by atoms with Gasteiger partial charge >= 0.3 is 5.97 Å². The molecule has 0 aromatic heterocycles. The van der Waals surface area contributed by atoms with Gasteiger partial charge in [0.2, 0.25) is 0 Å². The summed E-state index contributed by atoms with van der Waals surface area (Å²) in [6, 6.07) is 6.06. The van der Waals surface area contributed by atoms with Gasteiger partial charge in [-0.05, 0) is 18.1 Å². The zero-order chi connectivity index (χ0) is 12.4. The van der Waals surface area contributed by atoms with Gasteiger partial charge < -0.3 is 15.0 Å². The van der Waals surface area contributed by atoms with Crippen LogP contribution in [-0.4, -0.2) is 43.6 Å². The summed E-state index contributed by atoms with van der Waals surface area (Å²) in [5.74, 6) is -0.182. The van der Waals surface area contributed by atoms with Crippen LogP contribution in [-0.2, 0) is 17.8 Å². The molecule has 4 heteroatoms. The maximum absolute atomic E-state index is 11.3. The average molecular weight is 246 g/mol. The first kappa shape index (κ1) is 11.7. The van der Waals surface area contributed by atoms with Crippen molar-refractivity contribution < 1.29 is 9.53 Å². The normalized spacial score (nSPS) is 19.7. The molecule has 0 bridgehead atoms. The number of esters is 1. The van der Waals surface area contributed by atoms with E-state index in [-0.39, 0.29) is 5.97 Å². The van der Waals surface area contributed by atoms with Crippen molar-refractivity contribution in [1.29, 1.82) is 0 Å². The van der Waals surface area contributed by atoms with Gasteiger partial charge in [-0.3, -0.25) is 0 Å². The molecule has 2 heterocycles. The average Bonchev–Trinajstić information content (AvgIpc) is 2.79. The number of cyclic esters (lactones) is 1. The smallest absolute Gasteiger partial charge is 0.338 e. The number of nitrogens with one attached hydrogen (secondary N) is 1. The summed E-state index contributed by atoms with van der Waals surface area (Å²) in [5, 5.41) is 3.36. The number of hydrogen-bond acceptors (Lipinski definition) is 4. The number of piperazine rings is 1. The van der Waals surface area contributed by atoms with Gasteiger partial charge in [-0.2, -0.15) is 0 Å². The van der Waals surface area contributed by atoms with Crippen LogP contribution in [0.4, 0.5) is 0 Å². The van der Waals surface area contributed by atoms with E-state index in [1.165, 1.54) is 5.56 Å². The molecule has 0 atom stereocenters. The van der Waals surface area contributed by atoms with Gasteiger partial charge in [0, 0.05) is 38.3 Å². The maximum atomic E-state index is 11.3. The third-order valence-electron chi connectivity index (χ3n) is 3.67. The number of hydrogen-bond donors (Lipinski definition) is 1. The SMILES string of the molecule is O=C1OCc2cc(CCN3CCNCC3)ccc21. The van der Waals surface area contributed by atoms with Crippen LogP contribution in [0.1, 0.15) is 21.5 Å². The molecule has 1 aromatic rings. The molecule has 0 saturated carbocycles. The van der Waals surface area contributed by atoms with Crippen LogP contribution in [0.25, 0.3) is 0 Å². The van der Waals surface area contributed by atoms with Crippen LogP contribution in [0.3, 0.4) is 0 Å². The highest BCUT2D eigenvalue weighted by molar-refractivity contribution is 5.93. The van der Waals surface area contributed by atoms with Crippen molar-refractivity contribution in [3.63, 3.8) is 0 Å². The van der Waals surface area contributed by atoms with Gasteiger partial charge in [0.15, 0.2) is 0 Å². The Kier molecular flexibility index (Phi) is 3.30. The lowest BCUT2D eigenvalue weighted by Gasteiger charge is -2.27.